The van der Waals surface area contributed by atoms with E-state index >= 15 is 0 Å². The van der Waals surface area contributed by atoms with Gasteiger partial charge in [-0.05, 0) is 119 Å². The smallest absolute Gasteiger partial charge is 0.307 e. The summed E-state index contributed by atoms with van der Waals surface area (Å²) < 4.78 is 48.2. The van der Waals surface area contributed by atoms with Gasteiger partial charge < -0.3 is 19.1 Å². The molecule has 2 aromatic carbocycles. The Labute approximate surface area is 295 Å². The van der Waals surface area contributed by atoms with Gasteiger partial charge in [-0.2, -0.15) is 0 Å². The highest BCUT2D eigenvalue weighted by molar-refractivity contribution is 7.90. The van der Waals surface area contributed by atoms with E-state index < -0.39 is 33.4 Å². The molecule has 2 aliphatic carbocycles. The number of amides is 1. The summed E-state index contributed by atoms with van der Waals surface area (Å²) in [5.41, 5.74) is 2.10. The highest BCUT2D eigenvalue weighted by Crippen LogP contribution is 2.47. The van der Waals surface area contributed by atoms with Crippen molar-refractivity contribution < 1.29 is 32.2 Å². The van der Waals surface area contributed by atoms with Crippen molar-refractivity contribution in [2.75, 3.05) is 31.7 Å². The Morgan fingerprint density at radius 2 is 1.96 bits per heavy atom. The molecule has 4 aliphatic rings. The third-order valence-corrected chi connectivity index (χ3v) is 12.4. The number of anilines is 1. The molecule has 2 bridgehead atoms. The van der Waals surface area contributed by atoms with Crippen LogP contribution in [0.25, 0.3) is 0 Å². The number of ether oxygens (including phenoxy) is 3. The first kappa shape index (κ1) is 35.7. The summed E-state index contributed by atoms with van der Waals surface area (Å²) >= 11 is 6.43. The molecule has 2 aromatic rings. The largest absolute Gasteiger partial charge is 0.490 e. The maximum Gasteiger partial charge on any atom is 0.307 e. The van der Waals surface area contributed by atoms with Gasteiger partial charge in [-0.1, -0.05) is 36.7 Å². The van der Waals surface area contributed by atoms with Crippen LogP contribution in [0.15, 0.2) is 53.4 Å². The number of nitrogens with one attached hydrogen (secondary N) is 1. The molecule has 1 fully saturated rings. The molecule has 0 saturated heterocycles. The number of carbonyl (C=O) groups is 2. The molecule has 266 valence electrons. The van der Waals surface area contributed by atoms with Crippen molar-refractivity contribution in [3.63, 3.8) is 0 Å². The summed E-state index contributed by atoms with van der Waals surface area (Å²) in [7, 11) is -2.56. The predicted molar refractivity (Wildman–Crippen MR) is 189 cm³/mol. The summed E-state index contributed by atoms with van der Waals surface area (Å²) in [6.07, 6.45) is 9.11. The lowest BCUT2D eigenvalue weighted by molar-refractivity contribution is -0.157. The Morgan fingerprint density at radius 1 is 1.16 bits per heavy atom. The van der Waals surface area contributed by atoms with Crippen molar-refractivity contribution in [3.8, 4) is 5.75 Å². The lowest BCUT2D eigenvalue weighted by Gasteiger charge is -2.46. The second-order valence-corrected chi connectivity index (χ2v) is 17.6. The van der Waals surface area contributed by atoms with Crippen LogP contribution < -0.4 is 14.4 Å². The first-order chi connectivity index (χ1) is 23.2. The van der Waals surface area contributed by atoms with Crippen LogP contribution in [0, 0.1) is 23.7 Å². The van der Waals surface area contributed by atoms with Crippen molar-refractivity contribution in [1.82, 2.24) is 4.72 Å². The molecule has 6 atom stereocenters. The zero-order chi connectivity index (χ0) is 35.1. The van der Waals surface area contributed by atoms with Gasteiger partial charge in [0, 0.05) is 30.6 Å². The molecule has 2 aliphatic heterocycles. The lowest BCUT2D eigenvalue weighted by Crippen LogP contribution is -2.49. The second kappa shape index (κ2) is 13.9. The summed E-state index contributed by atoms with van der Waals surface area (Å²) in [6.45, 7) is 8.95. The van der Waals surface area contributed by atoms with Crippen LogP contribution >= 0.6 is 11.6 Å². The first-order valence-corrected chi connectivity index (χ1v) is 19.3. The molecule has 0 radical (unpaired) electrons. The number of aryl methyl sites for hydroxylation is 1. The summed E-state index contributed by atoms with van der Waals surface area (Å²) in [5.74, 6) is -1.36. The normalized spacial score (nSPS) is 29.8. The van der Waals surface area contributed by atoms with Crippen molar-refractivity contribution in [2.24, 2.45) is 23.7 Å². The van der Waals surface area contributed by atoms with Gasteiger partial charge in [0.15, 0.2) is 0 Å². The Kier molecular flexibility index (Phi) is 10.1. The third-order valence-electron chi connectivity index (χ3n) is 10.8. The van der Waals surface area contributed by atoms with Crippen molar-refractivity contribution in [3.05, 3.63) is 64.7 Å². The van der Waals surface area contributed by atoms with E-state index in [2.05, 4.69) is 27.8 Å². The number of hydrogen-bond acceptors (Lipinski definition) is 8. The highest BCUT2D eigenvalue weighted by atomic mass is 35.5. The lowest BCUT2D eigenvalue weighted by atomic mass is 9.68. The summed E-state index contributed by atoms with van der Waals surface area (Å²) in [4.78, 5) is 29.0. The van der Waals surface area contributed by atoms with Crippen LogP contribution in [0.1, 0.15) is 77.3 Å². The number of benzene rings is 2. The van der Waals surface area contributed by atoms with E-state index in [1.165, 1.54) is 17.2 Å². The molecular weight excluding hydrogens is 664 g/mol. The van der Waals surface area contributed by atoms with Crippen LogP contribution in [0.3, 0.4) is 0 Å². The van der Waals surface area contributed by atoms with Crippen LogP contribution in [0.4, 0.5) is 5.69 Å². The number of esters is 1. The van der Waals surface area contributed by atoms with Crippen LogP contribution in [-0.4, -0.2) is 58.8 Å². The number of allylic oxidation sites excluding steroid dienone is 1. The molecule has 11 heteroatoms. The maximum absolute atomic E-state index is 13.9. The number of halogens is 1. The molecule has 1 N–H and O–H groups in total. The van der Waals surface area contributed by atoms with Crippen molar-refractivity contribution >= 4 is 39.2 Å². The van der Waals surface area contributed by atoms with Crippen molar-refractivity contribution in [1.29, 1.82) is 0 Å². The molecular formula is C38H49ClN2O7S. The van der Waals surface area contributed by atoms with Crippen molar-refractivity contribution in [2.45, 2.75) is 94.7 Å². The fourth-order valence-corrected chi connectivity index (χ4v) is 9.41. The standard InChI is InChI=1S/C38H49ClN2O7S/c1-24-8-6-10-33(46-5)29-14-11-26(29)21-41-22-38(17-7-9-25-18-27(39)12-15-31(25)38)23-47-34-16-13-28(19-32(34)41)49(44,45)40-36(43)30(24)20-35(42)48-37(2,3)4/h6,10,12-13,15-16,18-19,24,26,29-30,33H,7-9,11,14,17,20-23H2,1-5H3,(H,40,43)/t24-,26-,29+,30+,33+,38-/m0/s1. The quantitative estimate of drug-likeness (QED) is 0.280. The topological polar surface area (TPSA) is 111 Å². The number of methoxy groups -OCH3 is 1. The monoisotopic (exact) mass is 712 g/mol. The van der Waals surface area contributed by atoms with E-state index in [1.807, 2.05) is 19.1 Å². The molecule has 9 nitrogen and oxygen atoms in total. The SMILES string of the molecule is CO[C@@H]1C=CC[C@H](C)[C@@H](CC(=O)OC(C)(C)C)C(=O)NS(=O)(=O)c2ccc3c(c2)N(C[C@@H]2CC[C@H]21)C[C@@]1(CCCc2cc(Cl)ccc21)CO3. The molecule has 6 rings (SSSR count). The minimum absolute atomic E-state index is 0.0319. The van der Waals surface area contributed by atoms with E-state index in [0.29, 0.717) is 48.5 Å². The van der Waals surface area contributed by atoms with E-state index in [1.54, 1.807) is 40.0 Å². The van der Waals surface area contributed by atoms with Crippen LogP contribution in [0.5, 0.6) is 5.75 Å². The van der Waals surface area contributed by atoms with Gasteiger partial charge in [0.1, 0.15) is 11.4 Å². The number of rotatable bonds is 3. The average Bonchev–Trinajstić information content (AvgIpc) is 3.16. The zero-order valence-corrected chi connectivity index (χ0v) is 30.7. The fourth-order valence-electron chi connectivity index (χ4n) is 8.17. The first-order valence-electron chi connectivity index (χ1n) is 17.5. The second-order valence-electron chi connectivity index (χ2n) is 15.4. The molecule has 49 heavy (non-hydrogen) atoms. The number of nitrogens with zero attached hydrogens (tertiary/aromatic N) is 1. The van der Waals surface area contributed by atoms with Gasteiger partial charge in [-0.15, -0.1) is 0 Å². The van der Waals surface area contributed by atoms with E-state index in [-0.39, 0.29) is 34.7 Å². The minimum atomic E-state index is -4.30. The predicted octanol–water partition coefficient (Wildman–Crippen LogP) is 6.60. The summed E-state index contributed by atoms with van der Waals surface area (Å²) in [6, 6.07) is 11.0. The molecule has 1 saturated carbocycles. The third kappa shape index (κ3) is 7.66. The molecule has 0 aromatic heterocycles. The highest BCUT2D eigenvalue weighted by Gasteiger charge is 2.45. The fraction of sp³-hybridized carbons (Fsp3) is 0.579. The van der Waals surface area contributed by atoms with Gasteiger partial charge in [0.2, 0.25) is 5.91 Å². The zero-order valence-electron chi connectivity index (χ0n) is 29.2. The van der Waals surface area contributed by atoms with Gasteiger partial charge in [-0.3, -0.25) is 9.59 Å². The molecule has 1 spiro atoms. The van der Waals surface area contributed by atoms with Gasteiger partial charge in [0.05, 0.1) is 35.6 Å². The van der Waals surface area contributed by atoms with E-state index in [9.17, 15) is 18.0 Å². The number of hydrogen-bond donors (Lipinski definition) is 1. The van der Waals surface area contributed by atoms with E-state index in [4.69, 9.17) is 25.8 Å². The minimum Gasteiger partial charge on any atom is -0.490 e. The van der Waals surface area contributed by atoms with E-state index in [0.717, 1.165) is 32.1 Å². The average molecular weight is 713 g/mol. The van der Waals surface area contributed by atoms with Crippen LogP contribution in [-0.2, 0) is 40.9 Å². The maximum atomic E-state index is 13.9. The van der Waals surface area contributed by atoms with Crippen LogP contribution in [0.2, 0.25) is 5.02 Å². The van der Waals surface area contributed by atoms with Gasteiger partial charge in [-0.25, -0.2) is 13.1 Å². The molecule has 1 amide bonds. The Balaban J connectivity index is 1.40. The van der Waals surface area contributed by atoms with Gasteiger partial charge >= 0.3 is 5.97 Å². The molecule has 2 heterocycles. The number of fused-ring (bicyclic) bond motifs is 4. The summed E-state index contributed by atoms with van der Waals surface area (Å²) in [5, 5.41) is 0.717. The Hall–Kier alpha value is -3.08. The Bertz CT molecular complexity index is 1720. The number of carbonyl (C=O) groups excluding carboxylic acids is 2. The number of sulfonamides is 1. The molecule has 0 unspecified atom stereocenters. The van der Waals surface area contributed by atoms with Gasteiger partial charge in [0.25, 0.3) is 10.0 Å². The Morgan fingerprint density at radius 3 is 2.67 bits per heavy atom.